The van der Waals surface area contributed by atoms with Crippen molar-refractivity contribution in [3.63, 3.8) is 0 Å². The Morgan fingerprint density at radius 1 is 1.29 bits per heavy atom. The maximum Gasteiger partial charge on any atom is 0.0715 e. The number of aliphatic hydroxyl groups is 1. The second-order valence-corrected chi connectivity index (χ2v) is 5.31. The lowest BCUT2D eigenvalue weighted by Gasteiger charge is -2.28. The highest BCUT2D eigenvalue weighted by Crippen LogP contribution is 2.05. The van der Waals surface area contributed by atoms with E-state index in [1.807, 2.05) is 13.8 Å². The van der Waals surface area contributed by atoms with Gasteiger partial charge in [-0.2, -0.15) is 0 Å². The molecule has 0 aromatic carbocycles. The molecule has 0 saturated carbocycles. The number of nitrogens with zero attached hydrogens (tertiary/aromatic N) is 1. The molecule has 1 atom stereocenters. The van der Waals surface area contributed by atoms with Gasteiger partial charge in [0, 0.05) is 19.1 Å². The number of likely N-dealkylation sites (N-methyl/N-ethyl adjacent to an activating group) is 1. The molecule has 0 aliphatic carbocycles. The highest BCUT2D eigenvalue weighted by Gasteiger charge is 2.18. The summed E-state index contributed by atoms with van der Waals surface area (Å²) in [6.45, 7) is 9.70. The predicted molar refractivity (Wildman–Crippen MR) is 61.5 cm³/mol. The Morgan fingerprint density at radius 3 is 2.07 bits per heavy atom. The van der Waals surface area contributed by atoms with E-state index < -0.39 is 5.60 Å². The summed E-state index contributed by atoms with van der Waals surface area (Å²) < 4.78 is 0. The molecule has 3 heteroatoms. The van der Waals surface area contributed by atoms with Crippen LogP contribution in [-0.4, -0.2) is 48.8 Å². The van der Waals surface area contributed by atoms with E-state index in [4.69, 9.17) is 0 Å². The Balaban J connectivity index is 3.98. The van der Waals surface area contributed by atoms with Crippen molar-refractivity contribution in [2.24, 2.45) is 5.92 Å². The number of hydrogen-bond donors (Lipinski definition) is 2. The third kappa shape index (κ3) is 7.30. The van der Waals surface area contributed by atoms with Crippen LogP contribution in [0.1, 0.15) is 27.7 Å². The molecule has 1 unspecified atom stereocenters. The van der Waals surface area contributed by atoms with Gasteiger partial charge in [0.1, 0.15) is 0 Å². The van der Waals surface area contributed by atoms with Crippen molar-refractivity contribution < 1.29 is 5.11 Å². The topological polar surface area (TPSA) is 35.5 Å². The molecule has 0 aromatic rings. The average molecular weight is 202 g/mol. The summed E-state index contributed by atoms with van der Waals surface area (Å²) in [5.74, 6) is 0.583. The standard InChI is InChI=1S/C11H26N2O/c1-9(2)10(7-13(5)6)12-8-11(3,4)14/h9-10,12,14H,7-8H2,1-6H3. The van der Waals surface area contributed by atoms with Crippen LogP contribution >= 0.6 is 0 Å². The van der Waals surface area contributed by atoms with Crippen LogP contribution in [0.5, 0.6) is 0 Å². The minimum atomic E-state index is -0.626. The van der Waals surface area contributed by atoms with Gasteiger partial charge in [-0.05, 0) is 33.9 Å². The fourth-order valence-electron chi connectivity index (χ4n) is 1.29. The summed E-state index contributed by atoms with van der Waals surface area (Å²) in [5.41, 5.74) is -0.626. The van der Waals surface area contributed by atoms with Crippen molar-refractivity contribution in [1.82, 2.24) is 10.2 Å². The van der Waals surface area contributed by atoms with Crippen LogP contribution in [0, 0.1) is 5.92 Å². The van der Waals surface area contributed by atoms with E-state index in [2.05, 4.69) is 38.2 Å². The van der Waals surface area contributed by atoms with Gasteiger partial charge in [0.25, 0.3) is 0 Å². The van der Waals surface area contributed by atoms with Crippen LogP contribution in [0.3, 0.4) is 0 Å². The van der Waals surface area contributed by atoms with Crippen molar-refractivity contribution in [2.75, 3.05) is 27.2 Å². The summed E-state index contributed by atoms with van der Waals surface area (Å²) >= 11 is 0. The third-order valence-corrected chi connectivity index (χ3v) is 2.16. The summed E-state index contributed by atoms with van der Waals surface area (Å²) in [5, 5.41) is 13.0. The molecule has 0 aromatic heterocycles. The molecule has 0 spiro atoms. The molecule has 14 heavy (non-hydrogen) atoms. The van der Waals surface area contributed by atoms with E-state index in [1.165, 1.54) is 0 Å². The summed E-state index contributed by atoms with van der Waals surface area (Å²) in [7, 11) is 4.14. The zero-order valence-electron chi connectivity index (χ0n) is 10.5. The summed E-state index contributed by atoms with van der Waals surface area (Å²) in [4.78, 5) is 2.17. The largest absolute Gasteiger partial charge is 0.389 e. The SMILES string of the molecule is CC(C)C(CN(C)C)NCC(C)(C)O. The number of rotatable bonds is 6. The van der Waals surface area contributed by atoms with Crippen LogP contribution in [0.4, 0.5) is 0 Å². The van der Waals surface area contributed by atoms with Gasteiger partial charge < -0.3 is 15.3 Å². The molecular formula is C11H26N2O. The zero-order chi connectivity index (χ0) is 11.4. The molecular weight excluding hydrogens is 176 g/mol. The smallest absolute Gasteiger partial charge is 0.0715 e. The number of nitrogens with one attached hydrogen (secondary N) is 1. The first-order chi connectivity index (χ1) is 6.22. The monoisotopic (exact) mass is 202 g/mol. The van der Waals surface area contributed by atoms with Crippen molar-refractivity contribution in [2.45, 2.75) is 39.3 Å². The molecule has 0 rings (SSSR count). The Labute approximate surface area is 88.5 Å². The Morgan fingerprint density at radius 2 is 1.79 bits per heavy atom. The first-order valence-corrected chi connectivity index (χ1v) is 5.33. The second-order valence-electron chi connectivity index (χ2n) is 5.31. The van der Waals surface area contributed by atoms with Gasteiger partial charge in [0.2, 0.25) is 0 Å². The van der Waals surface area contributed by atoms with Crippen molar-refractivity contribution in [3.8, 4) is 0 Å². The van der Waals surface area contributed by atoms with Gasteiger partial charge in [-0.1, -0.05) is 13.8 Å². The van der Waals surface area contributed by atoms with Gasteiger partial charge in [0.15, 0.2) is 0 Å². The average Bonchev–Trinajstić information content (AvgIpc) is 1.94. The lowest BCUT2D eigenvalue weighted by molar-refractivity contribution is 0.0725. The fraction of sp³-hybridized carbons (Fsp3) is 1.00. The van der Waals surface area contributed by atoms with E-state index in [0.717, 1.165) is 6.54 Å². The van der Waals surface area contributed by atoms with E-state index in [-0.39, 0.29) is 0 Å². The summed E-state index contributed by atoms with van der Waals surface area (Å²) in [6, 6.07) is 0.441. The Bertz CT molecular complexity index is 150. The maximum absolute atomic E-state index is 9.61. The molecule has 0 fully saturated rings. The van der Waals surface area contributed by atoms with Crippen molar-refractivity contribution in [3.05, 3.63) is 0 Å². The van der Waals surface area contributed by atoms with Gasteiger partial charge >= 0.3 is 0 Å². The van der Waals surface area contributed by atoms with E-state index >= 15 is 0 Å². The highest BCUT2D eigenvalue weighted by molar-refractivity contribution is 4.77. The highest BCUT2D eigenvalue weighted by atomic mass is 16.3. The molecule has 0 amide bonds. The molecule has 0 aliphatic heterocycles. The molecule has 0 aliphatic rings. The molecule has 3 nitrogen and oxygen atoms in total. The summed E-state index contributed by atoms with van der Waals surface area (Å²) in [6.07, 6.45) is 0. The predicted octanol–water partition coefficient (Wildman–Crippen LogP) is 0.933. The van der Waals surface area contributed by atoms with Crippen LogP contribution in [0.2, 0.25) is 0 Å². The molecule has 86 valence electrons. The van der Waals surface area contributed by atoms with Gasteiger partial charge in [-0.15, -0.1) is 0 Å². The van der Waals surface area contributed by atoms with Crippen LogP contribution in [0.25, 0.3) is 0 Å². The van der Waals surface area contributed by atoms with Crippen LogP contribution < -0.4 is 5.32 Å². The van der Waals surface area contributed by atoms with E-state index in [1.54, 1.807) is 0 Å². The lowest BCUT2D eigenvalue weighted by Crippen LogP contribution is -2.47. The van der Waals surface area contributed by atoms with Crippen molar-refractivity contribution in [1.29, 1.82) is 0 Å². The molecule has 0 bridgehead atoms. The normalized spacial score (nSPS) is 15.2. The maximum atomic E-state index is 9.61. The Kier molecular flexibility index (Phi) is 5.64. The second kappa shape index (κ2) is 5.69. The third-order valence-electron chi connectivity index (χ3n) is 2.16. The zero-order valence-corrected chi connectivity index (χ0v) is 10.5. The quantitative estimate of drug-likeness (QED) is 0.673. The fourth-order valence-corrected chi connectivity index (χ4v) is 1.29. The van der Waals surface area contributed by atoms with Crippen molar-refractivity contribution >= 4 is 0 Å². The Hall–Kier alpha value is -0.120. The van der Waals surface area contributed by atoms with Crippen LogP contribution in [0.15, 0.2) is 0 Å². The van der Waals surface area contributed by atoms with Gasteiger partial charge in [-0.25, -0.2) is 0 Å². The molecule has 2 N–H and O–H groups in total. The first-order valence-electron chi connectivity index (χ1n) is 5.33. The van der Waals surface area contributed by atoms with E-state index in [9.17, 15) is 5.11 Å². The van der Waals surface area contributed by atoms with E-state index in [0.29, 0.717) is 18.5 Å². The minimum Gasteiger partial charge on any atom is -0.389 e. The van der Waals surface area contributed by atoms with Gasteiger partial charge in [0.05, 0.1) is 5.60 Å². The minimum absolute atomic E-state index is 0.441. The molecule has 0 heterocycles. The first kappa shape index (κ1) is 13.9. The number of hydrogen-bond acceptors (Lipinski definition) is 3. The lowest BCUT2D eigenvalue weighted by atomic mass is 10.0. The molecule has 0 saturated heterocycles. The van der Waals surface area contributed by atoms with Gasteiger partial charge in [-0.3, -0.25) is 0 Å². The van der Waals surface area contributed by atoms with Crippen LogP contribution in [-0.2, 0) is 0 Å². The molecule has 0 radical (unpaired) electrons.